The number of carbonyl (C=O) groups excluding carboxylic acids is 3. The summed E-state index contributed by atoms with van der Waals surface area (Å²) in [6.45, 7) is 4.08. The minimum absolute atomic E-state index is 0.107. The Morgan fingerprint density at radius 2 is 1.85 bits per heavy atom. The van der Waals surface area contributed by atoms with E-state index in [9.17, 15) is 34.2 Å². The lowest BCUT2D eigenvalue weighted by atomic mass is 9.54. The van der Waals surface area contributed by atoms with Crippen LogP contribution in [0.4, 0.5) is 4.79 Å². The molecular formula is C31H41N3O12. The number of piperidine rings is 1. The van der Waals surface area contributed by atoms with Crippen molar-refractivity contribution in [2.75, 3.05) is 33.9 Å². The lowest BCUT2D eigenvalue weighted by Crippen LogP contribution is -2.71. The summed E-state index contributed by atoms with van der Waals surface area (Å²) in [6.07, 6.45) is -1.13. The molecule has 1 fully saturated rings. The van der Waals surface area contributed by atoms with Crippen LogP contribution in [-0.4, -0.2) is 108 Å². The molecule has 0 bridgehead atoms. The zero-order valence-corrected chi connectivity index (χ0v) is 26.3. The highest BCUT2D eigenvalue weighted by atomic mass is 16.6. The smallest absolute Gasteiger partial charge is 0.407 e. The molecule has 5 atom stereocenters. The molecule has 2 heterocycles. The van der Waals surface area contributed by atoms with Gasteiger partial charge in [0.15, 0.2) is 17.6 Å². The molecule has 2 unspecified atom stereocenters. The van der Waals surface area contributed by atoms with Gasteiger partial charge in [-0.25, -0.2) is 9.59 Å². The summed E-state index contributed by atoms with van der Waals surface area (Å²) in [5.74, 6) is -2.77. The second-order valence-corrected chi connectivity index (χ2v) is 11.8. The van der Waals surface area contributed by atoms with Crippen LogP contribution in [0.1, 0.15) is 56.6 Å². The predicted molar refractivity (Wildman–Crippen MR) is 159 cm³/mol. The third-order valence-corrected chi connectivity index (χ3v) is 9.20. The minimum atomic E-state index is -1.41. The van der Waals surface area contributed by atoms with Crippen LogP contribution in [0.5, 0.6) is 11.5 Å². The van der Waals surface area contributed by atoms with Crippen LogP contribution in [-0.2, 0) is 34.1 Å². The monoisotopic (exact) mass is 647 g/mol. The topological polar surface area (TPSA) is 210 Å². The fraction of sp³-hybridized carbons (Fsp3) is 0.581. The van der Waals surface area contributed by atoms with Crippen molar-refractivity contribution in [1.82, 2.24) is 15.5 Å². The molecule has 4 rings (SSSR count). The van der Waals surface area contributed by atoms with Crippen LogP contribution in [0.2, 0.25) is 0 Å². The van der Waals surface area contributed by atoms with Gasteiger partial charge in [0.1, 0.15) is 18.4 Å². The summed E-state index contributed by atoms with van der Waals surface area (Å²) in [6, 6.07) is 1.96. The molecule has 46 heavy (non-hydrogen) atoms. The highest BCUT2D eigenvalue weighted by Gasteiger charge is 2.69. The molecule has 0 radical (unpaired) electrons. The molecule has 2 amide bonds. The first-order chi connectivity index (χ1) is 21.7. The lowest BCUT2D eigenvalue weighted by Gasteiger charge is -2.58. The molecule has 1 aromatic rings. The van der Waals surface area contributed by atoms with Crippen molar-refractivity contribution in [2.24, 2.45) is 0 Å². The molecule has 3 aliphatic rings. The first-order valence-electron chi connectivity index (χ1n) is 15.1. The van der Waals surface area contributed by atoms with Crippen LogP contribution in [0, 0.1) is 6.92 Å². The molecule has 0 saturated carbocycles. The largest absolute Gasteiger partial charge is 0.493 e. The number of hydrogen-bond donors (Lipinski definition) is 5. The van der Waals surface area contributed by atoms with E-state index in [0.717, 1.165) is 11.1 Å². The summed E-state index contributed by atoms with van der Waals surface area (Å²) < 4.78 is 23.0. The summed E-state index contributed by atoms with van der Waals surface area (Å²) >= 11 is 0. The van der Waals surface area contributed by atoms with Crippen molar-refractivity contribution < 1.29 is 58.2 Å². The molecule has 2 aliphatic heterocycles. The number of carboxylic acids is 2. The second-order valence-electron chi connectivity index (χ2n) is 11.8. The Labute approximate surface area is 265 Å². The molecule has 1 aliphatic carbocycles. The molecule has 0 aromatic heterocycles. The number of esters is 1. The number of nitrogens with one attached hydrogen (secondary N) is 2. The average Bonchev–Trinajstić information content (AvgIpc) is 3.37. The first kappa shape index (κ1) is 34.5. The summed E-state index contributed by atoms with van der Waals surface area (Å²) in [5, 5.41) is 35.1. The number of aryl methyl sites for hydroxylation is 1. The lowest BCUT2D eigenvalue weighted by molar-refractivity contribution is -0.163. The third-order valence-electron chi connectivity index (χ3n) is 9.20. The third kappa shape index (κ3) is 6.60. The van der Waals surface area contributed by atoms with E-state index in [4.69, 9.17) is 24.1 Å². The van der Waals surface area contributed by atoms with Crippen LogP contribution in [0.25, 0.3) is 0 Å². The van der Waals surface area contributed by atoms with Crippen LogP contribution < -0.4 is 20.1 Å². The van der Waals surface area contributed by atoms with Gasteiger partial charge >= 0.3 is 24.0 Å². The summed E-state index contributed by atoms with van der Waals surface area (Å²) in [5.41, 5.74) is -0.658. The Balaban J connectivity index is 1.53. The van der Waals surface area contributed by atoms with E-state index in [0.29, 0.717) is 24.5 Å². The number of carboxylic acid groups (broad SMARTS) is 2. The molecule has 1 spiro atoms. The van der Waals surface area contributed by atoms with E-state index in [1.807, 2.05) is 27.0 Å². The number of alkyl carbamates (subject to hydrolysis) is 1. The van der Waals surface area contributed by atoms with Crippen LogP contribution in [0.15, 0.2) is 24.0 Å². The number of rotatable bonds is 13. The standard InChI is InChI=1S/C31H41N3O12/c1-17-5-7-20(43-4)26-25(17)30-13-15-34(3)18(2)31(30,42)12-11-21(27(30)46-26)45-28(40)19(6-9-23(36)37)33-29(41)44-16-14-32-22(35)8-10-24(38)39/h5,7,11,18-19,27,42H,6,8-10,12-16H2,1-4H3,(H,32,35)(H,33,41)(H,36,37)(H,38,39)/t18-,19?,27?,30+,31-/m1/s1. The van der Waals surface area contributed by atoms with Gasteiger partial charge in [0.2, 0.25) is 5.91 Å². The number of likely N-dealkylation sites (N-methyl/N-ethyl adjacent to an activating group) is 1. The predicted octanol–water partition coefficient (Wildman–Crippen LogP) is 1.23. The first-order valence-corrected chi connectivity index (χ1v) is 15.1. The van der Waals surface area contributed by atoms with Crippen molar-refractivity contribution in [1.29, 1.82) is 0 Å². The Bertz CT molecular complexity index is 1410. The summed E-state index contributed by atoms with van der Waals surface area (Å²) in [7, 11) is 3.45. The second kappa shape index (κ2) is 14.0. The Morgan fingerprint density at radius 3 is 2.52 bits per heavy atom. The van der Waals surface area contributed by atoms with E-state index >= 15 is 0 Å². The van der Waals surface area contributed by atoms with Gasteiger partial charge in [-0.05, 0) is 58.0 Å². The number of benzene rings is 1. The maximum absolute atomic E-state index is 13.5. The maximum atomic E-state index is 13.5. The van der Waals surface area contributed by atoms with Gasteiger partial charge < -0.3 is 49.8 Å². The normalized spacial score (nSPS) is 25.4. The van der Waals surface area contributed by atoms with Crippen molar-refractivity contribution in [3.63, 3.8) is 0 Å². The number of nitrogens with zero attached hydrogens (tertiary/aromatic N) is 1. The van der Waals surface area contributed by atoms with Crippen LogP contribution in [0.3, 0.4) is 0 Å². The Kier molecular flexibility index (Phi) is 10.5. The number of carbonyl (C=O) groups is 5. The van der Waals surface area contributed by atoms with E-state index in [-0.39, 0.29) is 50.6 Å². The van der Waals surface area contributed by atoms with Crippen molar-refractivity contribution in [3.05, 3.63) is 35.1 Å². The summed E-state index contributed by atoms with van der Waals surface area (Å²) in [4.78, 5) is 61.7. The molecule has 1 aromatic carbocycles. The zero-order valence-electron chi connectivity index (χ0n) is 26.3. The molecule has 15 heteroatoms. The van der Waals surface area contributed by atoms with Crippen molar-refractivity contribution in [2.45, 2.75) is 81.6 Å². The number of likely N-dealkylation sites (tertiary alicyclic amines) is 1. The number of amides is 2. The number of aliphatic hydroxyl groups is 1. The number of aliphatic carboxylic acids is 2. The number of fused-ring (bicyclic) bond motifs is 1. The fourth-order valence-corrected chi connectivity index (χ4v) is 6.69. The van der Waals surface area contributed by atoms with Gasteiger partial charge in [-0.1, -0.05) is 6.07 Å². The van der Waals surface area contributed by atoms with Gasteiger partial charge in [-0.3, -0.25) is 14.4 Å². The number of methoxy groups -OCH3 is 1. The highest BCUT2D eigenvalue weighted by molar-refractivity contribution is 5.83. The van der Waals surface area contributed by atoms with E-state index in [1.165, 1.54) is 7.11 Å². The number of ether oxygens (including phenoxy) is 4. The van der Waals surface area contributed by atoms with Gasteiger partial charge in [0.05, 0.1) is 31.1 Å². The zero-order chi connectivity index (χ0) is 33.8. The quantitative estimate of drug-likeness (QED) is 0.151. The molecular weight excluding hydrogens is 606 g/mol. The van der Waals surface area contributed by atoms with E-state index < -0.39 is 59.5 Å². The SMILES string of the molecule is COc1ccc(C)c2c1OC1C(OC(=O)C(CCC(=O)O)NC(=O)OCCNC(=O)CCC(=O)O)=CC[C@@]3(O)[C@@H](C)N(C)CC[C@]213. The molecule has 15 nitrogen and oxygen atoms in total. The Morgan fingerprint density at radius 1 is 1.13 bits per heavy atom. The van der Waals surface area contributed by atoms with Crippen molar-refractivity contribution >= 4 is 29.9 Å². The van der Waals surface area contributed by atoms with Gasteiger partial charge in [0, 0.05) is 30.9 Å². The van der Waals surface area contributed by atoms with E-state index in [2.05, 4.69) is 15.5 Å². The van der Waals surface area contributed by atoms with Gasteiger partial charge in [0.25, 0.3) is 0 Å². The average molecular weight is 648 g/mol. The Hall–Kier alpha value is -4.37. The van der Waals surface area contributed by atoms with E-state index in [1.54, 1.807) is 12.1 Å². The van der Waals surface area contributed by atoms with Gasteiger partial charge in [-0.2, -0.15) is 0 Å². The van der Waals surface area contributed by atoms with Crippen LogP contribution >= 0.6 is 0 Å². The fourth-order valence-electron chi connectivity index (χ4n) is 6.69. The molecule has 252 valence electrons. The number of hydrogen-bond acceptors (Lipinski definition) is 11. The minimum Gasteiger partial charge on any atom is -0.493 e. The maximum Gasteiger partial charge on any atom is 0.407 e. The van der Waals surface area contributed by atoms with Gasteiger partial charge in [-0.15, -0.1) is 0 Å². The molecule has 5 N–H and O–H groups in total. The molecule has 1 saturated heterocycles. The highest BCUT2D eigenvalue weighted by Crippen LogP contribution is 2.62. The van der Waals surface area contributed by atoms with Crippen molar-refractivity contribution in [3.8, 4) is 11.5 Å².